The fraction of sp³-hybridized carbons (Fsp3) is 0.643. The Morgan fingerprint density at radius 3 is 2.76 bits per heavy atom. The number of aromatic nitrogens is 1. The summed E-state index contributed by atoms with van der Waals surface area (Å²) in [6.07, 6.45) is 7.35. The van der Waals surface area contributed by atoms with Gasteiger partial charge in [-0.1, -0.05) is 25.8 Å². The van der Waals surface area contributed by atoms with E-state index >= 15 is 0 Å². The molecular formula is C14H22N2O. The van der Waals surface area contributed by atoms with E-state index in [0.29, 0.717) is 6.54 Å². The Hall–Kier alpha value is -0.930. The molecule has 1 aromatic heterocycles. The molecule has 94 valence electrons. The zero-order valence-corrected chi connectivity index (χ0v) is 10.5. The van der Waals surface area contributed by atoms with Gasteiger partial charge in [0.15, 0.2) is 0 Å². The van der Waals surface area contributed by atoms with Gasteiger partial charge in [-0.05, 0) is 30.4 Å². The molecule has 1 aromatic rings. The predicted octanol–water partition coefficient (Wildman–Crippen LogP) is 2.27. The second kappa shape index (κ2) is 5.15. The van der Waals surface area contributed by atoms with E-state index in [0.717, 1.165) is 37.2 Å². The number of hydrogen-bond acceptors (Lipinski definition) is 3. The SMILES string of the molecule is CC1CCC(CN)(C(O)c2cccnc2)CC1. The van der Waals surface area contributed by atoms with Crippen LogP contribution in [-0.4, -0.2) is 16.6 Å². The van der Waals surface area contributed by atoms with E-state index in [1.807, 2.05) is 12.1 Å². The van der Waals surface area contributed by atoms with Crippen LogP contribution in [0.2, 0.25) is 0 Å². The van der Waals surface area contributed by atoms with Crippen LogP contribution < -0.4 is 5.73 Å². The van der Waals surface area contributed by atoms with Gasteiger partial charge in [0.1, 0.15) is 0 Å². The third kappa shape index (κ3) is 2.50. The van der Waals surface area contributed by atoms with Crippen molar-refractivity contribution < 1.29 is 5.11 Å². The number of nitrogens with two attached hydrogens (primary N) is 1. The highest BCUT2D eigenvalue weighted by molar-refractivity contribution is 5.16. The van der Waals surface area contributed by atoms with Crippen LogP contribution >= 0.6 is 0 Å². The summed E-state index contributed by atoms with van der Waals surface area (Å²) in [7, 11) is 0. The highest BCUT2D eigenvalue weighted by atomic mass is 16.3. The van der Waals surface area contributed by atoms with Crippen molar-refractivity contribution in [2.45, 2.75) is 38.7 Å². The molecule has 1 heterocycles. The van der Waals surface area contributed by atoms with Gasteiger partial charge in [0, 0.05) is 24.4 Å². The molecule has 17 heavy (non-hydrogen) atoms. The second-order valence-electron chi connectivity index (χ2n) is 5.44. The van der Waals surface area contributed by atoms with E-state index < -0.39 is 6.10 Å². The van der Waals surface area contributed by atoms with Crippen LogP contribution in [-0.2, 0) is 0 Å². The topological polar surface area (TPSA) is 59.1 Å². The van der Waals surface area contributed by atoms with Crippen LogP contribution in [0.1, 0.15) is 44.3 Å². The fourth-order valence-corrected chi connectivity index (χ4v) is 2.82. The minimum atomic E-state index is -0.478. The van der Waals surface area contributed by atoms with Crippen LogP contribution in [0.4, 0.5) is 0 Å². The predicted molar refractivity (Wildman–Crippen MR) is 68.3 cm³/mol. The first-order chi connectivity index (χ1) is 8.18. The van der Waals surface area contributed by atoms with Gasteiger partial charge in [-0.15, -0.1) is 0 Å². The average Bonchev–Trinajstić information content (AvgIpc) is 2.40. The zero-order chi connectivity index (χ0) is 12.3. The van der Waals surface area contributed by atoms with Gasteiger partial charge in [-0.2, -0.15) is 0 Å². The van der Waals surface area contributed by atoms with Crippen molar-refractivity contribution in [3.8, 4) is 0 Å². The molecule has 1 fully saturated rings. The van der Waals surface area contributed by atoms with E-state index in [4.69, 9.17) is 5.73 Å². The van der Waals surface area contributed by atoms with E-state index in [9.17, 15) is 5.11 Å². The third-order valence-corrected chi connectivity index (χ3v) is 4.26. The summed E-state index contributed by atoms with van der Waals surface area (Å²) in [6.45, 7) is 2.83. The first kappa shape index (κ1) is 12.5. The highest BCUT2D eigenvalue weighted by Gasteiger charge is 2.40. The molecule has 0 aliphatic heterocycles. The quantitative estimate of drug-likeness (QED) is 0.843. The summed E-state index contributed by atoms with van der Waals surface area (Å²) in [5.74, 6) is 0.760. The molecule has 3 N–H and O–H groups in total. The van der Waals surface area contributed by atoms with Crippen molar-refractivity contribution in [2.24, 2.45) is 17.1 Å². The Balaban J connectivity index is 2.18. The molecule has 1 atom stereocenters. The second-order valence-corrected chi connectivity index (χ2v) is 5.44. The number of nitrogens with zero attached hydrogens (tertiary/aromatic N) is 1. The Bertz CT molecular complexity index is 344. The van der Waals surface area contributed by atoms with E-state index in [-0.39, 0.29) is 5.41 Å². The summed E-state index contributed by atoms with van der Waals surface area (Å²) in [5.41, 5.74) is 6.69. The largest absolute Gasteiger partial charge is 0.388 e. The maximum atomic E-state index is 10.6. The van der Waals surface area contributed by atoms with Gasteiger partial charge in [0.05, 0.1) is 6.10 Å². The standard InChI is InChI=1S/C14H22N2O/c1-11-4-6-14(10-15,7-5-11)13(17)12-3-2-8-16-9-12/h2-3,8-9,11,13,17H,4-7,10,15H2,1H3. The van der Waals surface area contributed by atoms with Crippen LogP contribution in [0.15, 0.2) is 24.5 Å². The lowest BCUT2D eigenvalue weighted by atomic mass is 9.66. The van der Waals surface area contributed by atoms with E-state index in [1.165, 1.54) is 0 Å². The average molecular weight is 234 g/mol. The van der Waals surface area contributed by atoms with Crippen molar-refractivity contribution in [2.75, 3.05) is 6.54 Å². The lowest BCUT2D eigenvalue weighted by molar-refractivity contribution is -0.00838. The van der Waals surface area contributed by atoms with E-state index in [1.54, 1.807) is 12.4 Å². The summed E-state index contributed by atoms with van der Waals surface area (Å²) in [5, 5.41) is 10.6. The normalized spacial score (nSPS) is 31.1. The number of pyridine rings is 1. The van der Waals surface area contributed by atoms with Crippen LogP contribution in [0.3, 0.4) is 0 Å². The zero-order valence-electron chi connectivity index (χ0n) is 10.5. The Labute approximate surface area is 103 Å². The van der Waals surface area contributed by atoms with Crippen LogP contribution in [0.5, 0.6) is 0 Å². The summed E-state index contributed by atoms with van der Waals surface area (Å²) >= 11 is 0. The molecule has 2 rings (SSSR count). The van der Waals surface area contributed by atoms with Gasteiger partial charge < -0.3 is 10.8 Å². The molecule has 0 radical (unpaired) electrons. The molecular weight excluding hydrogens is 212 g/mol. The Morgan fingerprint density at radius 1 is 1.53 bits per heavy atom. The summed E-state index contributed by atoms with van der Waals surface area (Å²) in [6, 6.07) is 3.81. The minimum Gasteiger partial charge on any atom is -0.388 e. The molecule has 0 aromatic carbocycles. The number of aliphatic hydroxyl groups excluding tert-OH is 1. The van der Waals surface area contributed by atoms with Crippen molar-refractivity contribution in [3.05, 3.63) is 30.1 Å². The molecule has 0 bridgehead atoms. The van der Waals surface area contributed by atoms with Crippen molar-refractivity contribution in [3.63, 3.8) is 0 Å². The van der Waals surface area contributed by atoms with Crippen LogP contribution in [0.25, 0.3) is 0 Å². The van der Waals surface area contributed by atoms with Gasteiger partial charge in [0.2, 0.25) is 0 Å². The molecule has 1 aliphatic carbocycles. The third-order valence-electron chi connectivity index (χ3n) is 4.26. The molecule has 0 spiro atoms. The molecule has 1 unspecified atom stereocenters. The molecule has 0 amide bonds. The lowest BCUT2D eigenvalue weighted by Crippen LogP contribution is -2.40. The number of rotatable bonds is 3. The minimum absolute atomic E-state index is 0.143. The van der Waals surface area contributed by atoms with Gasteiger partial charge in [-0.3, -0.25) is 4.98 Å². The first-order valence-electron chi connectivity index (χ1n) is 6.46. The fourth-order valence-electron chi connectivity index (χ4n) is 2.82. The lowest BCUT2D eigenvalue weighted by Gasteiger charge is -2.42. The Kier molecular flexibility index (Phi) is 3.79. The van der Waals surface area contributed by atoms with Gasteiger partial charge in [-0.25, -0.2) is 0 Å². The monoisotopic (exact) mass is 234 g/mol. The van der Waals surface area contributed by atoms with Crippen molar-refractivity contribution in [1.29, 1.82) is 0 Å². The summed E-state index contributed by atoms with van der Waals surface area (Å²) in [4.78, 5) is 4.08. The smallest absolute Gasteiger partial charge is 0.0873 e. The molecule has 3 nitrogen and oxygen atoms in total. The van der Waals surface area contributed by atoms with Gasteiger partial charge >= 0.3 is 0 Å². The van der Waals surface area contributed by atoms with E-state index in [2.05, 4.69) is 11.9 Å². The molecule has 0 saturated heterocycles. The molecule has 1 aliphatic rings. The molecule has 1 saturated carbocycles. The summed E-state index contributed by atoms with van der Waals surface area (Å²) < 4.78 is 0. The van der Waals surface area contributed by atoms with Crippen molar-refractivity contribution >= 4 is 0 Å². The number of aliphatic hydroxyl groups is 1. The van der Waals surface area contributed by atoms with Crippen LogP contribution in [0, 0.1) is 11.3 Å². The Morgan fingerprint density at radius 2 is 2.24 bits per heavy atom. The number of hydrogen-bond donors (Lipinski definition) is 2. The maximum Gasteiger partial charge on any atom is 0.0873 e. The van der Waals surface area contributed by atoms with Gasteiger partial charge in [0.25, 0.3) is 0 Å². The maximum absolute atomic E-state index is 10.6. The first-order valence-corrected chi connectivity index (χ1v) is 6.46. The highest BCUT2D eigenvalue weighted by Crippen LogP contribution is 2.46. The van der Waals surface area contributed by atoms with Crippen molar-refractivity contribution in [1.82, 2.24) is 4.98 Å². The molecule has 3 heteroatoms.